The number of benzene rings is 2. The monoisotopic (exact) mass is 489 g/mol. The summed E-state index contributed by atoms with van der Waals surface area (Å²) < 4.78 is 10.7. The van der Waals surface area contributed by atoms with E-state index in [2.05, 4.69) is 50.4 Å². The van der Waals surface area contributed by atoms with Crippen molar-refractivity contribution in [1.29, 1.82) is 0 Å². The molecule has 0 saturated carbocycles. The van der Waals surface area contributed by atoms with Crippen LogP contribution in [0.5, 0.6) is 5.75 Å². The Morgan fingerprint density at radius 3 is 2.50 bits per heavy atom. The van der Waals surface area contributed by atoms with Crippen LogP contribution < -0.4 is 10.1 Å². The number of carbonyl (C=O) groups is 1. The summed E-state index contributed by atoms with van der Waals surface area (Å²) in [7, 11) is 1.64. The molecule has 1 unspecified atom stereocenters. The molecule has 2 heterocycles. The van der Waals surface area contributed by atoms with Crippen LogP contribution in [0.2, 0.25) is 0 Å². The SMILES string of the molecule is COc1ccc(-c2noc(CN3CCN(CC(=O)NC(C)c4ccc5c(c4)CCCC5)CC3)n2)cc1. The Morgan fingerprint density at radius 2 is 1.75 bits per heavy atom. The first-order chi connectivity index (χ1) is 17.6. The van der Waals surface area contributed by atoms with Gasteiger partial charge in [-0.25, -0.2) is 0 Å². The predicted molar refractivity (Wildman–Crippen MR) is 138 cm³/mol. The number of methoxy groups -OCH3 is 1. The lowest BCUT2D eigenvalue weighted by Crippen LogP contribution is -2.49. The van der Waals surface area contributed by atoms with Gasteiger partial charge < -0.3 is 14.6 Å². The average Bonchev–Trinajstić information content (AvgIpc) is 3.38. The maximum absolute atomic E-state index is 12.7. The Labute approximate surface area is 212 Å². The summed E-state index contributed by atoms with van der Waals surface area (Å²) in [6.45, 7) is 6.48. The van der Waals surface area contributed by atoms with Crippen LogP contribution in [-0.2, 0) is 24.2 Å². The van der Waals surface area contributed by atoms with E-state index < -0.39 is 0 Å². The zero-order valence-corrected chi connectivity index (χ0v) is 21.2. The zero-order valence-electron chi connectivity index (χ0n) is 21.2. The van der Waals surface area contributed by atoms with Crippen molar-refractivity contribution in [3.8, 4) is 17.1 Å². The number of amides is 1. The Morgan fingerprint density at radius 1 is 1.03 bits per heavy atom. The molecule has 8 heteroatoms. The van der Waals surface area contributed by atoms with E-state index in [0.29, 0.717) is 24.8 Å². The van der Waals surface area contributed by atoms with E-state index in [-0.39, 0.29) is 11.9 Å². The van der Waals surface area contributed by atoms with Crippen molar-refractivity contribution in [2.75, 3.05) is 39.8 Å². The van der Waals surface area contributed by atoms with Gasteiger partial charge in [-0.05, 0) is 73.6 Å². The molecule has 5 rings (SSSR count). The summed E-state index contributed by atoms with van der Waals surface area (Å²) in [4.78, 5) is 21.8. The van der Waals surface area contributed by atoms with E-state index in [4.69, 9.17) is 9.26 Å². The number of carbonyl (C=O) groups excluding carboxylic acids is 1. The number of rotatable bonds is 8. The van der Waals surface area contributed by atoms with Crippen LogP contribution >= 0.6 is 0 Å². The predicted octanol–water partition coefficient (Wildman–Crippen LogP) is 3.62. The molecule has 3 aromatic rings. The van der Waals surface area contributed by atoms with Gasteiger partial charge in [0.2, 0.25) is 17.6 Å². The normalized spacial score (nSPS) is 17.4. The molecular formula is C28H35N5O3. The van der Waals surface area contributed by atoms with Gasteiger partial charge in [0.25, 0.3) is 0 Å². The molecule has 1 aliphatic heterocycles. The maximum atomic E-state index is 12.7. The van der Waals surface area contributed by atoms with E-state index in [1.165, 1.54) is 36.0 Å². The first-order valence-corrected chi connectivity index (χ1v) is 12.9. The van der Waals surface area contributed by atoms with Crippen LogP contribution in [0.3, 0.4) is 0 Å². The molecule has 8 nitrogen and oxygen atoms in total. The van der Waals surface area contributed by atoms with E-state index in [0.717, 1.165) is 43.9 Å². The fourth-order valence-electron chi connectivity index (χ4n) is 5.07. The Bertz CT molecular complexity index is 1170. The third-order valence-electron chi connectivity index (χ3n) is 7.26. The maximum Gasteiger partial charge on any atom is 0.241 e. The summed E-state index contributed by atoms with van der Waals surface area (Å²) >= 11 is 0. The molecule has 2 aromatic carbocycles. The van der Waals surface area contributed by atoms with E-state index in [9.17, 15) is 4.79 Å². The van der Waals surface area contributed by atoms with Crippen LogP contribution in [0.4, 0.5) is 0 Å². The van der Waals surface area contributed by atoms with Crippen LogP contribution in [0.25, 0.3) is 11.4 Å². The van der Waals surface area contributed by atoms with Crippen molar-refractivity contribution in [3.05, 3.63) is 65.0 Å². The van der Waals surface area contributed by atoms with Gasteiger partial charge in [0.1, 0.15) is 5.75 Å². The van der Waals surface area contributed by atoms with Crippen molar-refractivity contribution in [2.24, 2.45) is 0 Å². The van der Waals surface area contributed by atoms with E-state index in [1.807, 2.05) is 24.3 Å². The van der Waals surface area contributed by atoms with Crippen molar-refractivity contribution in [2.45, 2.75) is 45.2 Å². The quantitative estimate of drug-likeness (QED) is 0.517. The minimum absolute atomic E-state index is 0.0171. The molecule has 1 fully saturated rings. The molecule has 0 spiro atoms. The van der Waals surface area contributed by atoms with Crippen molar-refractivity contribution in [1.82, 2.24) is 25.3 Å². The molecular weight excluding hydrogens is 454 g/mol. The topological polar surface area (TPSA) is 83.7 Å². The molecule has 1 aromatic heterocycles. The summed E-state index contributed by atoms with van der Waals surface area (Å²) in [5.74, 6) is 2.05. The molecule has 1 saturated heterocycles. The fourth-order valence-corrected chi connectivity index (χ4v) is 5.07. The van der Waals surface area contributed by atoms with Crippen molar-refractivity contribution >= 4 is 5.91 Å². The van der Waals surface area contributed by atoms with Crippen LogP contribution in [0.1, 0.15) is 48.4 Å². The minimum atomic E-state index is 0.0171. The smallest absolute Gasteiger partial charge is 0.241 e. The second-order valence-corrected chi connectivity index (χ2v) is 9.82. The van der Waals surface area contributed by atoms with Crippen LogP contribution in [-0.4, -0.2) is 65.7 Å². The number of aromatic nitrogens is 2. The molecule has 36 heavy (non-hydrogen) atoms. The molecule has 1 aliphatic carbocycles. The van der Waals surface area contributed by atoms with Gasteiger partial charge >= 0.3 is 0 Å². The zero-order chi connectivity index (χ0) is 24.9. The Kier molecular flexibility index (Phi) is 7.63. The van der Waals surface area contributed by atoms with Crippen LogP contribution in [0.15, 0.2) is 47.0 Å². The second-order valence-electron chi connectivity index (χ2n) is 9.82. The highest BCUT2D eigenvalue weighted by Crippen LogP contribution is 2.25. The molecule has 0 bridgehead atoms. The van der Waals surface area contributed by atoms with Gasteiger partial charge in [-0.3, -0.25) is 14.6 Å². The van der Waals surface area contributed by atoms with Gasteiger partial charge in [0.05, 0.1) is 26.2 Å². The fraction of sp³-hybridized carbons (Fsp3) is 0.464. The van der Waals surface area contributed by atoms with Crippen LogP contribution in [0, 0.1) is 0 Å². The van der Waals surface area contributed by atoms with Gasteiger partial charge in [-0.15, -0.1) is 0 Å². The molecule has 1 atom stereocenters. The second kappa shape index (κ2) is 11.2. The molecule has 2 aliphatic rings. The number of aryl methyl sites for hydroxylation is 2. The first kappa shape index (κ1) is 24.5. The average molecular weight is 490 g/mol. The van der Waals surface area contributed by atoms with E-state index >= 15 is 0 Å². The third kappa shape index (κ3) is 5.94. The van der Waals surface area contributed by atoms with E-state index in [1.54, 1.807) is 7.11 Å². The third-order valence-corrected chi connectivity index (χ3v) is 7.26. The van der Waals surface area contributed by atoms with Gasteiger partial charge in [-0.2, -0.15) is 4.98 Å². The number of hydrogen-bond acceptors (Lipinski definition) is 7. The highest BCUT2D eigenvalue weighted by molar-refractivity contribution is 5.78. The molecule has 1 amide bonds. The van der Waals surface area contributed by atoms with Gasteiger partial charge in [-0.1, -0.05) is 23.4 Å². The summed E-state index contributed by atoms with van der Waals surface area (Å²) in [6, 6.07) is 14.3. The van der Waals surface area contributed by atoms with Gasteiger partial charge in [0, 0.05) is 31.7 Å². The highest BCUT2D eigenvalue weighted by atomic mass is 16.5. The molecule has 0 radical (unpaired) electrons. The van der Waals surface area contributed by atoms with Crippen molar-refractivity contribution < 1.29 is 14.1 Å². The summed E-state index contributed by atoms with van der Waals surface area (Å²) in [5.41, 5.74) is 5.01. The largest absolute Gasteiger partial charge is 0.497 e. The number of hydrogen-bond donors (Lipinski definition) is 1. The highest BCUT2D eigenvalue weighted by Gasteiger charge is 2.22. The Hall–Kier alpha value is -3.23. The number of ether oxygens (including phenoxy) is 1. The number of nitrogens with zero attached hydrogens (tertiary/aromatic N) is 4. The molecule has 190 valence electrons. The number of piperazine rings is 1. The lowest BCUT2D eigenvalue weighted by Gasteiger charge is -2.33. The Balaban J connectivity index is 1.07. The van der Waals surface area contributed by atoms with Crippen molar-refractivity contribution in [3.63, 3.8) is 0 Å². The lowest BCUT2D eigenvalue weighted by atomic mass is 9.89. The lowest BCUT2D eigenvalue weighted by molar-refractivity contribution is -0.123. The first-order valence-electron chi connectivity index (χ1n) is 12.9. The molecule has 1 N–H and O–H groups in total. The summed E-state index contributed by atoms with van der Waals surface area (Å²) in [6.07, 6.45) is 4.88. The number of fused-ring (bicyclic) bond motifs is 1. The number of nitrogens with one attached hydrogen (secondary N) is 1. The minimum Gasteiger partial charge on any atom is -0.497 e. The standard InChI is InChI=1S/C28H35N5O3/c1-20(23-8-7-21-5-3-4-6-24(21)17-23)29-26(34)18-32-13-15-33(16-14-32)19-27-30-28(31-36-27)22-9-11-25(35-2)12-10-22/h7-12,17,20H,3-6,13-16,18-19H2,1-2H3,(H,29,34). The van der Waals surface area contributed by atoms with Gasteiger partial charge in [0.15, 0.2) is 0 Å². The summed E-state index contributed by atoms with van der Waals surface area (Å²) in [5, 5.41) is 7.31.